The third-order valence-electron chi connectivity index (χ3n) is 3.44. The maximum atomic E-state index is 5.10. The summed E-state index contributed by atoms with van der Waals surface area (Å²) < 4.78 is 5.10. The fourth-order valence-corrected chi connectivity index (χ4v) is 2.19. The summed E-state index contributed by atoms with van der Waals surface area (Å²) in [6, 6.07) is 10.4. The topological polar surface area (TPSA) is 75.3 Å². The first-order valence-corrected chi connectivity index (χ1v) is 8.05. The second kappa shape index (κ2) is 11.0. The summed E-state index contributed by atoms with van der Waals surface area (Å²) in [5, 5.41) is 10.3. The highest BCUT2D eigenvalue weighted by molar-refractivity contribution is 14.0. The molecule has 0 fully saturated rings. The van der Waals surface area contributed by atoms with E-state index in [-0.39, 0.29) is 24.0 Å². The van der Waals surface area contributed by atoms with Gasteiger partial charge in [0.05, 0.1) is 0 Å². The molecule has 0 aliphatic rings. The third kappa shape index (κ3) is 6.86. The third-order valence-corrected chi connectivity index (χ3v) is 3.44. The van der Waals surface area contributed by atoms with Gasteiger partial charge in [-0.25, -0.2) is 0 Å². The molecule has 0 aliphatic carbocycles. The van der Waals surface area contributed by atoms with E-state index in [1.165, 1.54) is 5.56 Å². The summed E-state index contributed by atoms with van der Waals surface area (Å²) in [6.07, 6.45) is 0.680. The van der Waals surface area contributed by atoms with Gasteiger partial charge in [0.2, 0.25) is 5.89 Å². The molecule has 1 atom stereocenters. The highest BCUT2D eigenvalue weighted by Gasteiger charge is 2.06. The maximum Gasteiger partial charge on any atom is 0.228 e. The largest absolute Gasteiger partial charge is 0.357 e. The van der Waals surface area contributed by atoms with Crippen LogP contribution in [0.3, 0.4) is 0 Å². The Hall–Kier alpha value is -1.64. The minimum absolute atomic E-state index is 0. The Morgan fingerprint density at radius 1 is 1.25 bits per heavy atom. The highest BCUT2D eigenvalue weighted by atomic mass is 127. The Morgan fingerprint density at radius 3 is 2.62 bits per heavy atom. The van der Waals surface area contributed by atoms with E-state index in [9.17, 15) is 0 Å². The quantitative estimate of drug-likeness (QED) is 0.391. The van der Waals surface area contributed by atoms with Gasteiger partial charge in [-0.05, 0) is 19.4 Å². The van der Waals surface area contributed by atoms with Crippen LogP contribution in [-0.4, -0.2) is 35.7 Å². The van der Waals surface area contributed by atoms with Gasteiger partial charge in [0.25, 0.3) is 0 Å². The van der Waals surface area contributed by atoms with Crippen molar-refractivity contribution in [3.63, 3.8) is 0 Å². The van der Waals surface area contributed by atoms with Crippen molar-refractivity contribution in [2.45, 2.75) is 33.1 Å². The lowest BCUT2D eigenvalue weighted by molar-refractivity contribution is 0.374. The van der Waals surface area contributed by atoms with Crippen LogP contribution in [0.2, 0.25) is 0 Å². The Bertz CT molecular complexity index is 614. The van der Waals surface area contributed by atoms with E-state index in [4.69, 9.17) is 4.52 Å². The van der Waals surface area contributed by atoms with Gasteiger partial charge < -0.3 is 15.2 Å². The van der Waals surface area contributed by atoms with Crippen LogP contribution in [-0.2, 0) is 6.42 Å². The molecule has 1 aromatic heterocycles. The van der Waals surface area contributed by atoms with E-state index >= 15 is 0 Å². The van der Waals surface area contributed by atoms with Crippen molar-refractivity contribution >= 4 is 29.9 Å². The smallest absolute Gasteiger partial charge is 0.228 e. The predicted molar refractivity (Wildman–Crippen MR) is 107 cm³/mol. The molecule has 7 heteroatoms. The van der Waals surface area contributed by atoms with Gasteiger partial charge in [-0.1, -0.05) is 42.4 Å². The highest BCUT2D eigenvalue weighted by Crippen LogP contribution is 2.14. The normalized spacial score (nSPS) is 12.4. The molecule has 1 aromatic carbocycles. The number of guanidine groups is 1. The Labute approximate surface area is 160 Å². The van der Waals surface area contributed by atoms with Crippen LogP contribution in [0.25, 0.3) is 0 Å². The van der Waals surface area contributed by atoms with Gasteiger partial charge in [0, 0.05) is 32.0 Å². The number of aryl methyl sites for hydroxylation is 1. The molecule has 0 spiro atoms. The molecular weight excluding hydrogens is 417 g/mol. The summed E-state index contributed by atoms with van der Waals surface area (Å²) in [5.41, 5.74) is 1.30. The second-order valence-corrected chi connectivity index (χ2v) is 5.44. The van der Waals surface area contributed by atoms with Crippen molar-refractivity contribution in [1.82, 2.24) is 20.8 Å². The molecule has 1 heterocycles. The van der Waals surface area contributed by atoms with Crippen LogP contribution in [0.5, 0.6) is 0 Å². The molecule has 0 saturated carbocycles. The molecule has 2 N–H and O–H groups in total. The van der Waals surface area contributed by atoms with Gasteiger partial charge in [-0.2, -0.15) is 4.98 Å². The molecule has 0 saturated heterocycles. The number of nitrogens with zero attached hydrogens (tertiary/aromatic N) is 3. The fraction of sp³-hybridized carbons (Fsp3) is 0.471. The monoisotopic (exact) mass is 443 g/mol. The molecule has 6 nitrogen and oxygen atoms in total. The Morgan fingerprint density at radius 2 is 2.00 bits per heavy atom. The zero-order valence-electron chi connectivity index (χ0n) is 14.5. The minimum atomic E-state index is 0. The summed E-state index contributed by atoms with van der Waals surface area (Å²) >= 11 is 0. The standard InChI is InChI=1S/C17H25N5O.HI/c1-4-18-17(19-11-10-16-21-14(3)22-23-16)20-12-13(2)15-8-6-5-7-9-15;/h5-9,13H,4,10-12H2,1-3H3,(H2,18,19,20);1H. The number of nitrogens with one attached hydrogen (secondary N) is 2. The van der Waals surface area contributed by atoms with Crippen molar-refractivity contribution < 1.29 is 4.52 Å². The SMILES string of the molecule is CCNC(=NCC(C)c1ccccc1)NCCc1nc(C)no1.I. The summed E-state index contributed by atoms with van der Waals surface area (Å²) in [6.45, 7) is 8.32. The molecule has 24 heavy (non-hydrogen) atoms. The second-order valence-electron chi connectivity index (χ2n) is 5.44. The molecule has 0 bridgehead atoms. The lowest BCUT2D eigenvalue weighted by Crippen LogP contribution is -2.38. The first-order valence-electron chi connectivity index (χ1n) is 8.05. The predicted octanol–water partition coefficient (Wildman–Crippen LogP) is 2.90. The molecule has 132 valence electrons. The first-order chi connectivity index (χ1) is 11.2. The van der Waals surface area contributed by atoms with E-state index in [2.05, 4.69) is 63.9 Å². The van der Waals surface area contributed by atoms with Crippen molar-refractivity contribution in [2.75, 3.05) is 19.6 Å². The van der Waals surface area contributed by atoms with Gasteiger partial charge >= 0.3 is 0 Å². The fourth-order valence-electron chi connectivity index (χ4n) is 2.19. The zero-order valence-corrected chi connectivity index (χ0v) is 16.8. The average Bonchev–Trinajstić information content (AvgIpc) is 2.98. The number of halogens is 1. The maximum absolute atomic E-state index is 5.10. The number of hydrogen-bond acceptors (Lipinski definition) is 4. The van der Waals surface area contributed by atoms with Gasteiger partial charge in [-0.15, -0.1) is 24.0 Å². The van der Waals surface area contributed by atoms with E-state index in [1.54, 1.807) is 0 Å². The molecule has 0 amide bonds. The summed E-state index contributed by atoms with van der Waals surface area (Å²) in [4.78, 5) is 8.84. The van der Waals surface area contributed by atoms with Crippen molar-refractivity contribution in [3.8, 4) is 0 Å². The van der Waals surface area contributed by atoms with Crippen LogP contribution in [0.4, 0.5) is 0 Å². The summed E-state index contributed by atoms with van der Waals surface area (Å²) in [7, 11) is 0. The number of benzene rings is 1. The molecule has 2 aromatic rings. The average molecular weight is 443 g/mol. The Balaban J connectivity index is 0.00000288. The Kier molecular flexibility index (Phi) is 9.36. The molecule has 1 unspecified atom stereocenters. The van der Waals surface area contributed by atoms with Crippen LogP contribution in [0.1, 0.15) is 37.0 Å². The van der Waals surface area contributed by atoms with Gasteiger partial charge in [-0.3, -0.25) is 4.99 Å². The lowest BCUT2D eigenvalue weighted by atomic mass is 10.0. The van der Waals surface area contributed by atoms with Crippen LogP contribution >= 0.6 is 24.0 Å². The van der Waals surface area contributed by atoms with E-state index in [1.807, 2.05) is 13.0 Å². The lowest BCUT2D eigenvalue weighted by Gasteiger charge is -2.13. The number of aromatic nitrogens is 2. The minimum Gasteiger partial charge on any atom is -0.357 e. The number of rotatable bonds is 7. The van der Waals surface area contributed by atoms with Crippen molar-refractivity contribution in [1.29, 1.82) is 0 Å². The van der Waals surface area contributed by atoms with Gasteiger partial charge in [0.15, 0.2) is 11.8 Å². The van der Waals surface area contributed by atoms with Crippen molar-refractivity contribution in [2.24, 2.45) is 4.99 Å². The van der Waals surface area contributed by atoms with E-state index < -0.39 is 0 Å². The molecular formula is C17H26IN5O. The van der Waals surface area contributed by atoms with E-state index in [0.29, 0.717) is 30.6 Å². The van der Waals surface area contributed by atoms with E-state index in [0.717, 1.165) is 19.0 Å². The molecule has 0 aliphatic heterocycles. The molecule has 2 rings (SSSR count). The number of hydrogen-bond donors (Lipinski definition) is 2. The zero-order chi connectivity index (χ0) is 16.5. The van der Waals surface area contributed by atoms with Crippen LogP contribution in [0, 0.1) is 6.92 Å². The summed E-state index contributed by atoms with van der Waals surface area (Å²) in [5.74, 6) is 2.50. The molecule has 0 radical (unpaired) electrons. The van der Waals surface area contributed by atoms with Crippen molar-refractivity contribution in [3.05, 3.63) is 47.6 Å². The van der Waals surface area contributed by atoms with Crippen LogP contribution in [0.15, 0.2) is 39.8 Å². The van der Waals surface area contributed by atoms with Crippen LogP contribution < -0.4 is 10.6 Å². The first kappa shape index (κ1) is 20.4. The van der Waals surface area contributed by atoms with Gasteiger partial charge in [0.1, 0.15) is 0 Å². The number of aliphatic imine (C=N–C) groups is 1.